The number of hydrogen-bond donors (Lipinski definition) is 2. The number of amides is 2. The summed E-state index contributed by atoms with van der Waals surface area (Å²) in [6, 6.07) is 12.3. The van der Waals surface area contributed by atoms with Crippen LogP contribution in [0.5, 0.6) is 0 Å². The summed E-state index contributed by atoms with van der Waals surface area (Å²) in [7, 11) is 0. The van der Waals surface area contributed by atoms with Gasteiger partial charge in [0.05, 0.1) is 17.7 Å². The Labute approximate surface area is 174 Å². The molecule has 0 aliphatic heterocycles. The highest BCUT2D eigenvalue weighted by Crippen LogP contribution is 2.12. The maximum absolute atomic E-state index is 12.0. The van der Waals surface area contributed by atoms with Crippen LogP contribution in [0.15, 0.2) is 48.5 Å². The van der Waals surface area contributed by atoms with Gasteiger partial charge >= 0.3 is 11.9 Å². The summed E-state index contributed by atoms with van der Waals surface area (Å²) in [6.45, 7) is 3.29. The van der Waals surface area contributed by atoms with E-state index in [1.807, 2.05) is 6.92 Å². The lowest BCUT2D eigenvalue weighted by molar-refractivity contribution is -0.119. The van der Waals surface area contributed by atoms with Crippen molar-refractivity contribution in [1.29, 1.82) is 0 Å². The van der Waals surface area contributed by atoms with Gasteiger partial charge in [-0.1, -0.05) is 13.3 Å². The van der Waals surface area contributed by atoms with Crippen LogP contribution in [-0.2, 0) is 19.1 Å². The molecule has 0 saturated heterocycles. The smallest absolute Gasteiger partial charge is 0.338 e. The average molecular weight is 412 g/mol. The van der Waals surface area contributed by atoms with E-state index >= 15 is 0 Å². The number of benzene rings is 2. The zero-order valence-electron chi connectivity index (χ0n) is 16.9. The topological polar surface area (TPSA) is 111 Å². The van der Waals surface area contributed by atoms with Gasteiger partial charge in [0.15, 0.2) is 6.61 Å². The molecular weight excluding hydrogens is 388 g/mol. The Kier molecular flexibility index (Phi) is 8.56. The monoisotopic (exact) mass is 412 g/mol. The highest BCUT2D eigenvalue weighted by atomic mass is 16.5. The number of ether oxygens (including phenoxy) is 2. The van der Waals surface area contributed by atoms with Gasteiger partial charge in [0, 0.05) is 18.3 Å². The molecule has 8 heteroatoms. The first kappa shape index (κ1) is 22.6. The Balaban J connectivity index is 1.80. The lowest BCUT2D eigenvalue weighted by Gasteiger charge is -2.08. The summed E-state index contributed by atoms with van der Waals surface area (Å²) >= 11 is 0. The predicted molar refractivity (Wildman–Crippen MR) is 111 cm³/mol. The van der Waals surface area contributed by atoms with Crippen LogP contribution in [0.4, 0.5) is 11.4 Å². The third-order valence-corrected chi connectivity index (χ3v) is 3.91. The molecule has 2 aromatic carbocycles. The van der Waals surface area contributed by atoms with Crippen molar-refractivity contribution >= 4 is 35.1 Å². The van der Waals surface area contributed by atoms with Crippen molar-refractivity contribution in [3.05, 3.63) is 59.7 Å². The SMILES string of the molecule is CCCCOC(=O)c1ccc(NC(=O)COC(=O)c2ccc(NC(C)=O)cc2)cc1. The van der Waals surface area contributed by atoms with Crippen LogP contribution in [0.2, 0.25) is 0 Å². The third-order valence-electron chi connectivity index (χ3n) is 3.91. The van der Waals surface area contributed by atoms with Gasteiger partial charge in [-0.2, -0.15) is 0 Å². The molecule has 2 aromatic rings. The number of carbonyl (C=O) groups excluding carboxylic acids is 4. The predicted octanol–water partition coefficient (Wildman–Crippen LogP) is 3.40. The van der Waals surface area contributed by atoms with E-state index in [1.165, 1.54) is 19.1 Å². The Morgan fingerprint density at radius 2 is 1.27 bits per heavy atom. The summed E-state index contributed by atoms with van der Waals surface area (Å²) in [5.74, 6) is -1.82. The molecule has 2 N–H and O–H groups in total. The van der Waals surface area contributed by atoms with Gasteiger partial charge in [0.2, 0.25) is 5.91 Å². The number of nitrogens with one attached hydrogen (secondary N) is 2. The molecule has 0 unspecified atom stereocenters. The van der Waals surface area contributed by atoms with E-state index in [9.17, 15) is 19.2 Å². The van der Waals surface area contributed by atoms with Gasteiger partial charge in [-0.3, -0.25) is 9.59 Å². The highest BCUT2D eigenvalue weighted by molar-refractivity contribution is 5.96. The fourth-order valence-electron chi connectivity index (χ4n) is 2.39. The molecule has 30 heavy (non-hydrogen) atoms. The molecule has 2 amide bonds. The minimum atomic E-state index is -0.662. The molecule has 0 atom stereocenters. The van der Waals surface area contributed by atoms with E-state index in [1.54, 1.807) is 36.4 Å². The second-order valence-corrected chi connectivity index (χ2v) is 6.45. The molecule has 8 nitrogen and oxygen atoms in total. The zero-order valence-corrected chi connectivity index (χ0v) is 16.9. The zero-order chi connectivity index (χ0) is 21.9. The molecule has 0 aliphatic rings. The van der Waals surface area contributed by atoms with Crippen molar-refractivity contribution in [1.82, 2.24) is 0 Å². The number of rotatable bonds is 9. The summed E-state index contributed by atoms with van der Waals surface area (Å²) in [5.41, 5.74) is 1.65. The lowest BCUT2D eigenvalue weighted by atomic mass is 10.2. The van der Waals surface area contributed by atoms with Crippen LogP contribution < -0.4 is 10.6 Å². The second kappa shape index (κ2) is 11.4. The fourth-order valence-corrected chi connectivity index (χ4v) is 2.39. The van der Waals surface area contributed by atoms with Crippen LogP contribution in [0, 0.1) is 0 Å². The van der Waals surface area contributed by atoms with Gasteiger partial charge in [-0.25, -0.2) is 9.59 Å². The Bertz CT molecular complexity index is 891. The molecule has 0 saturated carbocycles. The van der Waals surface area contributed by atoms with Crippen molar-refractivity contribution < 1.29 is 28.7 Å². The molecule has 0 bridgehead atoms. The minimum absolute atomic E-state index is 0.219. The molecule has 0 radical (unpaired) electrons. The average Bonchev–Trinajstić information content (AvgIpc) is 2.73. The summed E-state index contributed by atoms with van der Waals surface area (Å²) in [4.78, 5) is 46.9. The van der Waals surface area contributed by atoms with Crippen LogP contribution in [0.3, 0.4) is 0 Å². The van der Waals surface area contributed by atoms with Crippen molar-refractivity contribution in [2.75, 3.05) is 23.8 Å². The van der Waals surface area contributed by atoms with Gasteiger partial charge in [0.1, 0.15) is 0 Å². The summed E-state index contributed by atoms with van der Waals surface area (Å²) in [5, 5.41) is 5.17. The first-order valence-electron chi connectivity index (χ1n) is 9.51. The molecule has 0 aromatic heterocycles. The Morgan fingerprint density at radius 1 is 0.767 bits per heavy atom. The molecule has 0 aliphatic carbocycles. The van der Waals surface area contributed by atoms with E-state index in [2.05, 4.69) is 10.6 Å². The summed E-state index contributed by atoms with van der Waals surface area (Å²) in [6.07, 6.45) is 1.74. The number of carbonyl (C=O) groups is 4. The first-order chi connectivity index (χ1) is 14.4. The van der Waals surface area contributed by atoms with Crippen molar-refractivity contribution in [3.63, 3.8) is 0 Å². The van der Waals surface area contributed by atoms with Gasteiger partial charge < -0.3 is 20.1 Å². The van der Waals surface area contributed by atoms with Crippen molar-refractivity contribution in [2.45, 2.75) is 26.7 Å². The molecule has 0 spiro atoms. The van der Waals surface area contributed by atoms with Gasteiger partial charge in [-0.05, 0) is 55.0 Å². The normalized spacial score (nSPS) is 10.1. The molecular formula is C22H24N2O6. The van der Waals surface area contributed by atoms with Crippen molar-refractivity contribution in [2.24, 2.45) is 0 Å². The first-order valence-corrected chi connectivity index (χ1v) is 9.51. The molecule has 0 heterocycles. The third kappa shape index (κ3) is 7.38. The van der Waals surface area contributed by atoms with E-state index in [4.69, 9.17) is 9.47 Å². The lowest BCUT2D eigenvalue weighted by Crippen LogP contribution is -2.21. The highest BCUT2D eigenvalue weighted by Gasteiger charge is 2.12. The van der Waals surface area contributed by atoms with E-state index in [-0.39, 0.29) is 11.5 Å². The second-order valence-electron chi connectivity index (χ2n) is 6.45. The number of anilines is 2. The quantitative estimate of drug-likeness (QED) is 0.482. The number of unbranched alkanes of at least 4 members (excludes halogenated alkanes) is 1. The van der Waals surface area contributed by atoms with E-state index in [0.717, 1.165) is 12.8 Å². The van der Waals surface area contributed by atoms with E-state index in [0.29, 0.717) is 23.5 Å². The van der Waals surface area contributed by atoms with Crippen molar-refractivity contribution in [3.8, 4) is 0 Å². The maximum Gasteiger partial charge on any atom is 0.338 e. The molecule has 2 rings (SSSR count). The Morgan fingerprint density at radius 3 is 1.77 bits per heavy atom. The largest absolute Gasteiger partial charge is 0.462 e. The molecule has 158 valence electrons. The van der Waals surface area contributed by atoms with Gasteiger partial charge in [0.25, 0.3) is 5.91 Å². The van der Waals surface area contributed by atoms with Crippen LogP contribution in [-0.4, -0.2) is 37.0 Å². The summed E-state index contributed by atoms with van der Waals surface area (Å²) < 4.78 is 10.1. The maximum atomic E-state index is 12.0. The van der Waals surface area contributed by atoms with Crippen LogP contribution in [0.1, 0.15) is 47.4 Å². The van der Waals surface area contributed by atoms with Gasteiger partial charge in [-0.15, -0.1) is 0 Å². The van der Waals surface area contributed by atoms with Crippen LogP contribution in [0.25, 0.3) is 0 Å². The Hall–Kier alpha value is -3.68. The standard InChI is InChI=1S/C22H24N2O6/c1-3-4-13-29-21(27)16-7-11-19(12-8-16)24-20(26)14-30-22(28)17-5-9-18(10-6-17)23-15(2)25/h5-12H,3-4,13-14H2,1-2H3,(H,23,25)(H,24,26). The number of hydrogen-bond acceptors (Lipinski definition) is 6. The number of esters is 2. The molecule has 0 fully saturated rings. The van der Waals surface area contributed by atoms with Crippen LogP contribution >= 0.6 is 0 Å². The minimum Gasteiger partial charge on any atom is -0.462 e. The van der Waals surface area contributed by atoms with E-state index < -0.39 is 24.5 Å². The fraction of sp³-hybridized carbons (Fsp3) is 0.273.